The van der Waals surface area contributed by atoms with Gasteiger partial charge in [0.1, 0.15) is 6.07 Å². The Kier molecular flexibility index (Phi) is 3.07. The van der Waals surface area contributed by atoms with Crippen molar-refractivity contribution in [1.29, 1.82) is 5.26 Å². The van der Waals surface area contributed by atoms with E-state index in [9.17, 15) is 0 Å². The van der Waals surface area contributed by atoms with Crippen LogP contribution in [0.2, 0.25) is 0 Å². The third kappa shape index (κ3) is 2.15. The van der Waals surface area contributed by atoms with Crippen LogP contribution in [0.15, 0.2) is 34.9 Å². The standard InChI is InChI=1S/C12H10BrN3/c1-9-2-4-10(5-3-9)8-16-12(6-14)11(13)7-15-16/h2-5,7H,8H2,1H3. The van der Waals surface area contributed by atoms with E-state index in [4.69, 9.17) is 5.26 Å². The first kappa shape index (κ1) is 10.9. The third-order valence-corrected chi connectivity index (χ3v) is 2.93. The molecule has 0 amide bonds. The summed E-state index contributed by atoms with van der Waals surface area (Å²) in [5, 5.41) is 13.1. The molecule has 0 saturated carbocycles. The van der Waals surface area contributed by atoms with Crippen molar-refractivity contribution in [2.45, 2.75) is 13.5 Å². The van der Waals surface area contributed by atoms with Crippen LogP contribution in [0.25, 0.3) is 0 Å². The van der Waals surface area contributed by atoms with E-state index in [1.54, 1.807) is 10.9 Å². The summed E-state index contributed by atoms with van der Waals surface area (Å²) in [6.07, 6.45) is 1.65. The van der Waals surface area contributed by atoms with Crippen LogP contribution in [0.3, 0.4) is 0 Å². The van der Waals surface area contributed by atoms with E-state index in [1.807, 2.05) is 12.1 Å². The van der Waals surface area contributed by atoms with Gasteiger partial charge in [-0.1, -0.05) is 29.8 Å². The molecular weight excluding hydrogens is 266 g/mol. The lowest BCUT2D eigenvalue weighted by Crippen LogP contribution is -2.04. The van der Waals surface area contributed by atoms with Gasteiger partial charge in [-0.3, -0.25) is 0 Å². The number of benzene rings is 1. The van der Waals surface area contributed by atoms with E-state index in [0.717, 1.165) is 10.0 Å². The van der Waals surface area contributed by atoms with Crippen LogP contribution in [0.1, 0.15) is 16.8 Å². The van der Waals surface area contributed by atoms with Crippen LogP contribution in [0.5, 0.6) is 0 Å². The molecule has 1 heterocycles. The highest BCUT2D eigenvalue weighted by molar-refractivity contribution is 9.10. The lowest BCUT2D eigenvalue weighted by Gasteiger charge is -2.03. The molecule has 1 aromatic heterocycles. The Bertz CT molecular complexity index is 534. The lowest BCUT2D eigenvalue weighted by atomic mass is 10.1. The summed E-state index contributed by atoms with van der Waals surface area (Å²) in [4.78, 5) is 0. The molecule has 2 rings (SSSR count). The second-order valence-corrected chi connectivity index (χ2v) is 4.45. The number of hydrogen-bond donors (Lipinski definition) is 0. The Balaban J connectivity index is 2.27. The van der Waals surface area contributed by atoms with Gasteiger partial charge in [0.25, 0.3) is 0 Å². The summed E-state index contributed by atoms with van der Waals surface area (Å²) in [6, 6.07) is 10.3. The lowest BCUT2D eigenvalue weighted by molar-refractivity contribution is 0.677. The Hall–Kier alpha value is -1.60. The summed E-state index contributed by atoms with van der Waals surface area (Å²) in [5.41, 5.74) is 2.92. The minimum atomic E-state index is 0.556. The quantitative estimate of drug-likeness (QED) is 0.846. The number of nitrogens with zero attached hydrogens (tertiary/aromatic N) is 3. The van der Waals surface area contributed by atoms with Crippen molar-refractivity contribution < 1.29 is 0 Å². The molecule has 16 heavy (non-hydrogen) atoms. The number of hydrogen-bond acceptors (Lipinski definition) is 2. The number of nitriles is 1. The van der Waals surface area contributed by atoms with Gasteiger partial charge in [-0.25, -0.2) is 4.68 Å². The highest BCUT2D eigenvalue weighted by Gasteiger charge is 2.07. The van der Waals surface area contributed by atoms with Gasteiger partial charge in [0, 0.05) is 0 Å². The normalized spacial score (nSPS) is 10.1. The van der Waals surface area contributed by atoms with E-state index >= 15 is 0 Å². The van der Waals surface area contributed by atoms with Crippen LogP contribution in [-0.4, -0.2) is 9.78 Å². The van der Waals surface area contributed by atoms with Gasteiger partial charge in [0.15, 0.2) is 5.69 Å². The van der Waals surface area contributed by atoms with Crippen molar-refractivity contribution >= 4 is 15.9 Å². The maximum atomic E-state index is 8.97. The number of aromatic nitrogens is 2. The van der Waals surface area contributed by atoms with Crippen LogP contribution >= 0.6 is 15.9 Å². The van der Waals surface area contributed by atoms with E-state index in [-0.39, 0.29) is 0 Å². The van der Waals surface area contributed by atoms with Gasteiger partial charge in [-0.2, -0.15) is 10.4 Å². The zero-order chi connectivity index (χ0) is 11.5. The molecule has 4 heteroatoms. The molecule has 0 unspecified atom stereocenters. The molecule has 0 saturated heterocycles. The van der Waals surface area contributed by atoms with Gasteiger partial charge >= 0.3 is 0 Å². The zero-order valence-corrected chi connectivity index (χ0v) is 10.4. The number of aryl methyl sites for hydroxylation is 1. The molecule has 0 spiro atoms. The molecule has 0 aliphatic heterocycles. The van der Waals surface area contributed by atoms with E-state index in [1.165, 1.54) is 5.56 Å². The fraction of sp³-hybridized carbons (Fsp3) is 0.167. The first-order valence-electron chi connectivity index (χ1n) is 4.87. The van der Waals surface area contributed by atoms with Crippen LogP contribution in [-0.2, 0) is 6.54 Å². The van der Waals surface area contributed by atoms with Gasteiger partial charge in [0.05, 0.1) is 17.2 Å². The zero-order valence-electron chi connectivity index (χ0n) is 8.81. The summed E-state index contributed by atoms with van der Waals surface area (Å²) in [5.74, 6) is 0. The molecule has 0 bridgehead atoms. The van der Waals surface area contributed by atoms with Crippen molar-refractivity contribution in [1.82, 2.24) is 9.78 Å². The van der Waals surface area contributed by atoms with Crippen LogP contribution in [0.4, 0.5) is 0 Å². The van der Waals surface area contributed by atoms with Crippen molar-refractivity contribution in [2.75, 3.05) is 0 Å². The van der Waals surface area contributed by atoms with Gasteiger partial charge in [-0.15, -0.1) is 0 Å². The molecule has 2 aromatic rings. The molecule has 0 aliphatic carbocycles. The van der Waals surface area contributed by atoms with Crippen molar-refractivity contribution in [3.05, 3.63) is 51.8 Å². The molecule has 0 radical (unpaired) electrons. The topological polar surface area (TPSA) is 41.6 Å². The minimum Gasteiger partial charge on any atom is -0.249 e. The summed E-state index contributed by atoms with van der Waals surface area (Å²) >= 11 is 3.30. The average Bonchev–Trinajstić information content (AvgIpc) is 2.63. The molecule has 0 atom stereocenters. The van der Waals surface area contributed by atoms with Crippen molar-refractivity contribution in [3.8, 4) is 6.07 Å². The number of rotatable bonds is 2. The monoisotopic (exact) mass is 275 g/mol. The first-order chi connectivity index (χ1) is 7.70. The van der Waals surface area contributed by atoms with Crippen LogP contribution < -0.4 is 0 Å². The van der Waals surface area contributed by atoms with Gasteiger partial charge in [-0.05, 0) is 28.4 Å². The Labute approximate surface area is 102 Å². The summed E-state index contributed by atoms with van der Waals surface area (Å²) in [6.45, 7) is 2.67. The third-order valence-electron chi connectivity index (χ3n) is 2.35. The van der Waals surface area contributed by atoms with Gasteiger partial charge < -0.3 is 0 Å². The molecule has 0 fully saturated rings. The Morgan fingerprint density at radius 3 is 2.69 bits per heavy atom. The van der Waals surface area contributed by atoms with E-state index in [2.05, 4.69) is 46.2 Å². The largest absolute Gasteiger partial charge is 0.249 e. The average molecular weight is 276 g/mol. The molecule has 3 nitrogen and oxygen atoms in total. The molecule has 80 valence electrons. The van der Waals surface area contributed by atoms with Crippen molar-refractivity contribution in [3.63, 3.8) is 0 Å². The maximum absolute atomic E-state index is 8.97. The smallest absolute Gasteiger partial charge is 0.153 e. The van der Waals surface area contributed by atoms with Gasteiger partial charge in [0.2, 0.25) is 0 Å². The highest BCUT2D eigenvalue weighted by atomic mass is 79.9. The molecule has 1 aromatic carbocycles. The number of halogens is 1. The van der Waals surface area contributed by atoms with E-state index < -0.39 is 0 Å². The fourth-order valence-corrected chi connectivity index (χ4v) is 1.84. The molecule has 0 aliphatic rings. The van der Waals surface area contributed by atoms with E-state index in [0.29, 0.717) is 12.2 Å². The maximum Gasteiger partial charge on any atom is 0.153 e. The summed E-state index contributed by atoms with van der Waals surface area (Å²) in [7, 11) is 0. The fourth-order valence-electron chi connectivity index (χ4n) is 1.46. The summed E-state index contributed by atoms with van der Waals surface area (Å²) < 4.78 is 2.43. The predicted molar refractivity (Wildman–Crippen MR) is 64.9 cm³/mol. The second kappa shape index (κ2) is 4.50. The molecular formula is C12H10BrN3. The first-order valence-corrected chi connectivity index (χ1v) is 5.67. The minimum absolute atomic E-state index is 0.556. The molecule has 0 N–H and O–H groups in total. The van der Waals surface area contributed by atoms with Crippen molar-refractivity contribution in [2.24, 2.45) is 0 Å². The second-order valence-electron chi connectivity index (χ2n) is 3.60. The highest BCUT2D eigenvalue weighted by Crippen LogP contribution is 2.16. The van der Waals surface area contributed by atoms with Crippen LogP contribution in [0, 0.1) is 18.3 Å². The Morgan fingerprint density at radius 1 is 1.38 bits per heavy atom. The SMILES string of the molecule is Cc1ccc(Cn2ncc(Br)c2C#N)cc1. The predicted octanol–water partition coefficient (Wildman–Crippen LogP) is 2.87. The Morgan fingerprint density at radius 2 is 2.06 bits per heavy atom.